The van der Waals surface area contributed by atoms with E-state index in [2.05, 4.69) is 0 Å². The van der Waals surface area contributed by atoms with E-state index < -0.39 is 0 Å². The van der Waals surface area contributed by atoms with Crippen LogP contribution in [0.5, 0.6) is 0 Å². The molecule has 1 aromatic heterocycles. The number of hydrogen-bond donors (Lipinski definition) is 0. The molecular weight excluding hydrogens is 390 g/mol. The highest BCUT2D eigenvalue weighted by Crippen LogP contribution is 2.22. The number of rotatable bonds is 4. The monoisotopic (exact) mass is 411 g/mol. The third-order valence-electron chi connectivity index (χ3n) is 5.30. The molecule has 29 heavy (non-hydrogen) atoms. The van der Waals surface area contributed by atoms with Gasteiger partial charge in [-0.1, -0.05) is 18.2 Å². The minimum atomic E-state index is -0.345. The first kappa shape index (κ1) is 19.3. The van der Waals surface area contributed by atoms with Gasteiger partial charge in [-0.25, -0.2) is 0 Å². The number of carbonyl (C=O) groups excluding carboxylic acids is 4. The summed E-state index contributed by atoms with van der Waals surface area (Å²) in [6.45, 7) is 2.18. The van der Waals surface area contributed by atoms with Crippen LogP contribution >= 0.6 is 11.3 Å². The van der Waals surface area contributed by atoms with Gasteiger partial charge in [-0.2, -0.15) is 0 Å². The molecule has 0 unspecified atom stereocenters. The van der Waals surface area contributed by atoms with Gasteiger partial charge in [0.2, 0.25) is 5.91 Å². The van der Waals surface area contributed by atoms with Crippen LogP contribution in [0, 0.1) is 0 Å². The summed E-state index contributed by atoms with van der Waals surface area (Å²) in [5.41, 5.74) is 0.782. The van der Waals surface area contributed by atoms with E-state index in [4.69, 9.17) is 0 Å². The van der Waals surface area contributed by atoms with Gasteiger partial charge in [-0.15, -0.1) is 11.3 Å². The van der Waals surface area contributed by atoms with Crippen LogP contribution in [0.3, 0.4) is 0 Å². The Kier molecular flexibility index (Phi) is 5.44. The van der Waals surface area contributed by atoms with Crippen LogP contribution in [0.1, 0.15) is 43.2 Å². The predicted molar refractivity (Wildman–Crippen MR) is 108 cm³/mol. The van der Waals surface area contributed by atoms with Crippen molar-refractivity contribution in [2.75, 3.05) is 32.7 Å². The first-order valence-corrected chi connectivity index (χ1v) is 10.5. The van der Waals surface area contributed by atoms with Crippen LogP contribution in [0.2, 0.25) is 0 Å². The number of imide groups is 1. The van der Waals surface area contributed by atoms with E-state index in [1.165, 1.54) is 11.3 Å². The SMILES string of the molecule is O=C(CCN1C(=O)c2ccccc2C1=O)N1CCCN(C(=O)c2cccs2)CC1. The van der Waals surface area contributed by atoms with Gasteiger partial charge in [-0.05, 0) is 30.0 Å². The molecule has 0 atom stereocenters. The lowest BCUT2D eigenvalue weighted by molar-refractivity contribution is -0.131. The Bertz CT molecular complexity index is 922. The van der Waals surface area contributed by atoms with E-state index in [1.807, 2.05) is 17.5 Å². The number of benzene rings is 1. The molecule has 0 radical (unpaired) electrons. The Morgan fingerprint density at radius 2 is 1.52 bits per heavy atom. The average molecular weight is 411 g/mol. The molecule has 4 amide bonds. The van der Waals surface area contributed by atoms with Gasteiger partial charge in [0.1, 0.15) is 0 Å². The number of carbonyl (C=O) groups is 4. The molecule has 0 N–H and O–H groups in total. The quantitative estimate of drug-likeness (QED) is 0.722. The topological polar surface area (TPSA) is 78.0 Å². The van der Waals surface area contributed by atoms with Crippen molar-refractivity contribution < 1.29 is 19.2 Å². The van der Waals surface area contributed by atoms with Crippen molar-refractivity contribution >= 4 is 35.0 Å². The van der Waals surface area contributed by atoms with Crippen LogP contribution in [-0.4, -0.2) is 71.1 Å². The number of fused-ring (bicyclic) bond motifs is 1. The summed E-state index contributed by atoms with van der Waals surface area (Å²) in [5.74, 6) is -0.795. The highest BCUT2D eigenvalue weighted by Gasteiger charge is 2.35. The molecule has 1 fully saturated rings. The predicted octanol–water partition coefficient (Wildman–Crippen LogP) is 2.11. The molecule has 2 aliphatic heterocycles. The molecule has 2 aromatic rings. The Hall–Kier alpha value is -3.00. The summed E-state index contributed by atoms with van der Waals surface area (Å²) >= 11 is 1.41. The number of amides is 4. The lowest BCUT2D eigenvalue weighted by Crippen LogP contribution is -2.39. The minimum absolute atomic E-state index is 0.000300. The Morgan fingerprint density at radius 3 is 2.17 bits per heavy atom. The molecule has 0 spiro atoms. The summed E-state index contributed by atoms with van der Waals surface area (Å²) in [5, 5.41) is 1.88. The smallest absolute Gasteiger partial charge is 0.263 e. The fourth-order valence-corrected chi connectivity index (χ4v) is 4.42. The Labute approximate surface area is 172 Å². The molecule has 150 valence electrons. The van der Waals surface area contributed by atoms with Crippen LogP contribution < -0.4 is 0 Å². The number of nitrogens with zero attached hydrogens (tertiary/aromatic N) is 3. The first-order chi connectivity index (χ1) is 14.1. The maximum Gasteiger partial charge on any atom is 0.263 e. The van der Waals surface area contributed by atoms with Crippen molar-refractivity contribution in [3.8, 4) is 0 Å². The fourth-order valence-electron chi connectivity index (χ4n) is 3.73. The van der Waals surface area contributed by atoms with Crippen molar-refractivity contribution in [3.63, 3.8) is 0 Å². The van der Waals surface area contributed by atoms with Gasteiger partial charge in [0.25, 0.3) is 17.7 Å². The molecule has 1 aromatic carbocycles. The second kappa shape index (κ2) is 8.16. The third kappa shape index (κ3) is 3.80. The molecule has 0 aliphatic carbocycles. The van der Waals surface area contributed by atoms with E-state index in [1.54, 1.807) is 34.1 Å². The number of thiophene rings is 1. The van der Waals surface area contributed by atoms with Crippen molar-refractivity contribution in [1.29, 1.82) is 0 Å². The molecule has 7 nitrogen and oxygen atoms in total. The molecule has 8 heteroatoms. The average Bonchev–Trinajstić information content (AvgIpc) is 3.26. The Balaban J connectivity index is 1.32. The second-order valence-corrected chi connectivity index (χ2v) is 8.01. The van der Waals surface area contributed by atoms with Crippen molar-refractivity contribution in [1.82, 2.24) is 14.7 Å². The first-order valence-electron chi connectivity index (χ1n) is 9.62. The lowest BCUT2D eigenvalue weighted by atomic mass is 10.1. The van der Waals surface area contributed by atoms with Gasteiger partial charge >= 0.3 is 0 Å². The second-order valence-electron chi connectivity index (χ2n) is 7.06. The lowest BCUT2D eigenvalue weighted by Gasteiger charge is -2.23. The van der Waals surface area contributed by atoms with Gasteiger partial charge < -0.3 is 9.80 Å². The zero-order chi connectivity index (χ0) is 20.4. The van der Waals surface area contributed by atoms with Gasteiger partial charge in [0, 0.05) is 39.1 Å². The standard InChI is InChI=1S/C21H21N3O4S/c25-18(8-11-24-19(26)15-5-1-2-6-16(15)20(24)27)22-9-4-10-23(13-12-22)21(28)17-7-3-14-29-17/h1-3,5-7,14H,4,8-13H2. The molecule has 0 saturated carbocycles. The molecular formula is C21H21N3O4S. The highest BCUT2D eigenvalue weighted by atomic mass is 32.1. The van der Waals surface area contributed by atoms with E-state index in [9.17, 15) is 19.2 Å². The van der Waals surface area contributed by atoms with Gasteiger partial charge in [0.05, 0.1) is 16.0 Å². The Morgan fingerprint density at radius 1 is 0.862 bits per heavy atom. The normalized spacial score (nSPS) is 16.8. The molecule has 2 aliphatic rings. The van der Waals surface area contributed by atoms with Gasteiger partial charge in [-0.3, -0.25) is 24.1 Å². The maximum atomic E-state index is 12.7. The number of hydrogen-bond acceptors (Lipinski definition) is 5. The third-order valence-corrected chi connectivity index (χ3v) is 6.15. The van der Waals surface area contributed by atoms with Crippen LogP contribution in [0.4, 0.5) is 0 Å². The van der Waals surface area contributed by atoms with E-state index in [0.29, 0.717) is 48.6 Å². The van der Waals surface area contributed by atoms with Crippen molar-refractivity contribution in [3.05, 3.63) is 57.8 Å². The van der Waals surface area contributed by atoms with Crippen molar-refractivity contribution in [2.24, 2.45) is 0 Å². The highest BCUT2D eigenvalue weighted by molar-refractivity contribution is 7.12. The summed E-state index contributed by atoms with van der Waals surface area (Å²) < 4.78 is 0. The molecule has 3 heterocycles. The van der Waals surface area contributed by atoms with Crippen LogP contribution in [-0.2, 0) is 4.79 Å². The zero-order valence-corrected chi connectivity index (χ0v) is 16.7. The van der Waals surface area contributed by atoms with Crippen LogP contribution in [0.15, 0.2) is 41.8 Å². The van der Waals surface area contributed by atoms with Crippen molar-refractivity contribution in [2.45, 2.75) is 12.8 Å². The fraction of sp³-hybridized carbons (Fsp3) is 0.333. The maximum absolute atomic E-state index is 12.7. The van der Waals surface area contributed by atoms with Crippen LogP contribution in [0.25, 0.3) is 0 Å². The zero-order valence-electron chi connectivity index (χ0n) is 15.9. The summed E-state index contributed by atoms with van der Waals surface area (Å²) in [7, 11) is 0. The summed E-state index contributed by atoms with van der Waals surface area (Å²) in [6.07, 6.45) is 0.792. The molecule has 4 rings (SSSR count). The van der Waals surface area contributed by atoms with Gasteiger partial charge in [0.15, 0.2) is 0 Å². The minimum Gasteiger partial charge on any atom is -0.341 e. The van der Waals surface area contributed by atoms with E-state index in [-0.39, 0.29) is 36.6 Å². The van der Waals surface area contributed by atoms with E-state index in [0.717, 1.165) is 4.90 Å². The largest absolute Gasteiger partial charge is 0.341 e. The molecule has 0 bridgehead atoms. The summed E-state index contributed by atoms with van der Waals surface area (Å²) in [6, 6.07) is 10.4. The molecule has 1 saturated heterocycles. The summed E-state index contributed by atoms with van der Waals surface area (Å²) in [4.78, 5) is 55.4. The van der Waals surface area contributed by atoms with E-state index >= 15 is 0 Å².